The fourth-order valence-corrected chi connectivity index (χ4v) is 6.27. The van der Waals surface area contributed by atoms with Crippen molar-refractivity contribution in [3.05, 3.63) is 83.5 Å². The molecule has 0 aromatic heterocycles. The Bertz CT molecular complexity index is 2320. The first kappa shape index (κ1) is 40.3. The first-order chi connectivity index (χ1) is 26.5. The average molecular weight is 774 g/mol. The van der Waals surface area contributed by atoms with Gasteiger partial charge in [0.25, 0.3) is 0 Å². The molecule has 15 nitrogen and oxygen atoms in total. The third-order valence-corrected chi connectivity index (χ3v) is 8.72. The van der Waals surface area contributed by atoms with E-state index in [0.717, 1.165) is 21.1 Å². The molecule has 0 saturated carbocycles. The molecular formula is C40H42FN4O11+. The maximum Gasteiger partial charge on any atom is 0.323 e. The lowest BCUT2D eigenvalue weighted by Gasteiger charge is -2.25. The maximum absolute atomic E-state index is 15.6. The van der Waals surface area contributed by atoms with Crippen LogP contribution in [-0.4, -0.2) is 112 Å². The standard InChI is InChI=1S/C40H41FN4O11/c1-23-6-10-29(44(19-36(46)47)20-37(48)49)34(14-23)54-12-13-55-35-15-24(7-11-30(35)45(21-38(50)51)22-39(52)53)40-26-9-8-25(42(2)3)16-32(26)56-33-18-31(43(4)5)28(41)17-27(33)40/h6-11,14-18H,12-13,19-22H2,1-5H3,(H3-,46,47,48,49,50,51,52,53)/p+1. The van der Waals surface area contributed by atoms with Crippen LogP contribution in [0.4, 0.5) is 21.5 Å². The molecule has 1 heterocycles. The van der Waals surface area contributed by atoms with Crippen LogP contribution in [0.15, 0.2) is 71.1 Å². The molecule has 294 valence electrons. The van der Waals surface area contributed by atoms with Crippen molar-refractivity contribution in [2.45, 2.75) is 6.92 Å². The minimum Gasteiger partial charge on any atom is -0.488 e. The fraction of sp³-hybridized carbons (Fsp3) is 0.275. The molecule has 2 aliphatic rings. The van der Waals surface area contributed by atoms with Gasteiger partial charge in [0.05, 0.1) is 17.4 Å². The second-order valence-electron chi connectivity index (χ2n) is 13.4. The Morgan fingerprint density at radius 2 is 1.25 bits per heavy atom. The van der Waals surface area contributed by atoms with Crippen molar-refractivity contribution in [3.63, 3.8) is 0 Å². The highest BCUT2D eigenvalue weighted by Gasteiger charge is 2.25. The Hall–Kier alpha value is -6.84. The molecule has 0 amide bonds. The number of halogens is 1. The van der Waals surface area contributed by atoms with Gasteiger partial charge in [-0.2, -0.15) is 4.39 Å². The summed E-state index contributed by atoms with van der Waals surface area (Å²) < 4.78 is 35.8. The van der Waals surface area contributed by atoms with E-state index in [4.69, 9.17) is 13.9 Å². The molecule has 0 fully saturated rings. The van der Waals surface area contributed by atoms with Gasteiger partial charge in [-0.3, -0.25) is 19.2 Å². The van der Waals surface area contributed by atoms with Gasteiger partial charge in [-0.1, -0.05) is 12.1 Å². The summed E-state index contributed by atoms with van der Waals surface area (Å²) in [6, 6.07) is 18.2. The molecule has 3 aromatic carbocycles. The smallest absolute Gasteiger partial charge is 0.323 e. The number of aliphatic carboxylic acids is 4. The van der Waals surface area contributed by atoms with E-state index in [1.807, 2.05) is 37.2 Å². The van der Waals surface area contributed by atoms with E-state index in [-0.39, 0.29) is 36.1 Å². The van der Waals surface area contributed by atoms with E-state index in [9.17, 15) is 39.6 Å². The highest BCUT2D eigenvalue weighted by Crippen LogP contribution is 2.43. The predicted molar refractivity (Wildman–Crippen MR) is 207 cm³/mol. The number of rotatable bonds is 17. The molecular weight excluding hydrogens is 731 g/mol. The van der Waals surface area contributed by atoms with Gasteiger partial charge in [-0.15, -0.1) is 0 Å². The van der Waals surface area contributed by atoms with Crippen LogP contribution in [0.2, 0.25) is 0 Å². The molecule has 0 atom stereocenters. The zero-order valence-electron chi connectivity index (χ0n) is 31.4. The zero-order valence-corrected chi connectivity index (χ0v) is 31.4. The lowest BCUT2D eigenvalue weighted by atomic mass is 9.93. The van der Waals surface area contributed by atoms with E-state index in [1.54, 1.807) is 62.0 Å². The van der Waals surface area contributed by atoms with Crippen LogP contribution in [0.5, 0.6) is 11.5 Å². The summed E-state index contributed by atoms with van der Waals surface area (Å²) in [4.78, 5) is 51.0. The number of ether oxygens (including phenoxy) is 2. The number of aryl methyl sites for hydroxylation is 1. The topological polar surface area (TPSA) is 194 Å². The van der Waals surface area contributed by atoms with Crippen LogP contribution in [0.3, 0.4) is 0 Å². The molecule has 5 rings (SSSR count). The van der Waals surface area contributed by atoms with Crippen molar-refractivity contribution in [1.29, 1.82) is 0 Å². The molecule has 0 radical (unpaired) electrons. The van der Waals surface area contributed by atoms with Gasteiger partial charge in [0.15, 0.2) is 5.82 Å². The summed E-state index contributed by atoms with van der Waals surface area (Å²) in [5, 5.41) is 39.2. The number of carboxylic acid groups (broad SMARTS) is 4. The van der Waals surface area contributed by atoms with Crippen LogP contribution in [0, 0.1) is 12.7 Å². The third-order valence-electron chi connectivity index (χ3n) is 8.72. The Balaban J connectivity index is 1.61. The van der Waals surface area contributed by atoms with Crippen molar-refractivity contribution in [2.75, 3.05) is 82.3 Å². The largest absolute Gasteiger partial charge is 0.488 e. The highest BCUT2D eigenvalue weighted by atomic mass is 19.1. The summed E-state index contributed by atoms with van der Waals surface area (Å²) in [5.41, 5.74) is 4.02. The first-order valence-electron chi connectivity index (χ1n) is 17.3. The molecule has 1 aliphatic heterocycles. The fourth-order valence-electron chi connectivity index (χ4n) is 6.27. The molecule has 0 bridgehead atoms. The molecule has 1 aliphatic carbocycles. The Kier molecular flexibility index (Phi) is 12.3. The van der Waals surface area contributed by atoms with Crippen LogP contribution >= 0.6 is 0 Å². The van der Waals surface area contributed by atoms with E-state index >= 15 is 4.39 Å². The van der Waals surface area contributed by atoms with Crippen molar-refractivity contribution in [2.24, 2.45) is 0 Å². The molecule has 0 unspecified atom stereocenters. The minimum absolute atomic E-state index is 0.0915. The van der Waals surface area contributed by atoms with Crippen molar-refractivity contribution in [1.82, 2.24) is 4.58 Å². The van der Waals surface area contributed by atoms with Crippen molar-refractivity contribution >= 4 is 51.9 Å². The van der Waals surface area contributed by atoms with Crippen LogP contribution in [0.25, 0.3) is 33.4 Å². The minimum atomic E-state index is -1.28. The van der Waals surface area contributed by atoms with Gasteiger partial charge >= 0.3 is 23.9 Å². The van der Waals surface area contributed by atoms with E-state index < -0.39 is 55.9 Å². The third kappa shape index (κ3) is 9.44. The van der Waals surface area contributed by atoms with E-state index in [1.165, 1.54) is 12.1 Å². The van der Waals surface area contributed by atoms with Gasteiger partial charge in [-0.25, -0.2) is 4.58 Å². The number of anilines is 3. The first-order valence-corrected chi connectivity index (χ1v) is 17.3. The summed E-state index contributed by atoms with van der Waals surface area (Å²) >= 11 is 0. The van der Waals surface area contributed by atoms with Crippen molar-refractivity contribution < 1.29 is 57.9 Å². The number of fused-ring (bicyclic) bond motifs is 2. The maximum atomic E-state index is 15.6. The molecule has 0 saturated heterocycles. The van der Waals surface area contributed by atoms with Crippen molar-refractivity contribution in [3.8, 4) is 33.9 Å². The summed E-state index contributed by atoms with van der Waals surface area (Å²) in [5.74, 6) is -4.87. The molecule has 3 aromatic rings. The average Bonchev–Trinajstić information content (AvgIpc) is 3.10. The monoisotopic (exact) mass is 773 g/mol. The van der Waals surface area contributed by atoms with Gasteiger partial charge in [0.2, 0.25) is 5.36 Å². The normalized spacial score (nSPS) is 11.0. The molecule has 0 spiro atoms. The Morgan fingerprint density at radius 1 is 0.714 bits per heavy atom. The Labute approximate surface area is 320 Å². The summed E-state index contributed by atoms with van der Waals surface area (Å²) in [6.07, 6.45) is 0. The summed E-state index contributed by atoms with van der Waals surface area (Å²) in [7, 11) is 7.20. The second kappa shape index (κ2) is 17.1. The van der Waals surface area contributed by atoms with Gasteiger partial charge in [0, 0.05) is 42.4 Å². The quantitative estimate of drug-likeness (QED) is 0.0598. The van der Waals surface area contributed by atoms with Crippen LogP contribution in [0.1, 0.15) is 5.56 Å². The number of carboxylic acids is 4. The molecule has 16 heteroatoms. The van der Waals surface area contributed by atoms with Crippen LogP contribution < -0.4 is 34.1 Å². The SMILES string of the molecule is Cc1ccc(N(CC(=O)O)CC(=O)O)c(OCCOc2cc(-c3c4cc(F)c(=[N+](C)C)cc-4oc4cc(N(C)C)ccc34)ccc2N(CC(=O)O)CC(=O)O)c1. The predicted octanol–water partition coefficient (Wildman–Crippen LogP) is 4.16. The number of hydrogen-bond donors (Lipinski definition) is 4. The van der Waals surface area contributed by atoms with Gasteiger partial charge in [-0.05, 0) is 60.5 Å². The zero-order chi connectivity index (χ0) is 40.8. The lowest BCUT2D eigenvalue weighted by Crippen LogP contribution is -2.35. The second-order valence-corrected chi connectivity index (χ2v) is 13.4. The number of benzene rings is 4. The number of carbonyl (C=O) groups is 4. The summed E-state index contributed by atoms with van der Waals surface area (Å²) in [6.45, 7) is -1.08. The van der Waals surface area contributed by atoms with Crippen LogP contribution in [-0.2, 0) is 19.2 Å². The Morgan fingerprint density at radius 3 is 1.77 bits per heavy atom. The van der Waals surface area contributed by atoms with E-state index in [0.29, 0.717) is 38.8 Å². The van der Waals surface area contributed by atoms with Gasteiger partial charge in [0.1, 0.15) is 76.3 Å². The van der Waals surface area contributed by atoms with Gasteiger partial charge < -0.3 is 49.0 Å². The molecule has 4 N–H and O–H groups in total. The lowest BCUT2D eigenvalue weighted by molar-refractivity contribution is -0.138. The van der Waals surface area contributed by atoms with E-state index in [2.05, 4.69) is 0 Å². The highest BCUT2D eigenvalue weighted by molar-refractivity contribution is 6.03. The number of nitrogens with zero attached hydrogens (tertiary/aromatic N) is 4. The number of hydrogen-bond acceptors (Lipinski definition) is 10. The molecule has 56 heavy (non-hydrogen) atoms.